The summed E-state index contributed by atoms with van der Waals surface area (Å²) in [6, 6.07) is 15.0. The topological polar surface area (TPSA) is 12.9 Å². The molecular formula is C15H12BrN. The SMILES string of the molecule is Cc1ccc2nc3ccc(CBr)cc3cc2c1. The van der Waals surface area contributed by atoms with Crippen LogP contribution in [0.25, 0.3) is 21.8 Å². The van der Waals surface area contributed by atoms with Crippen LogP contribution in [0, 0.1) is 6.92 Å². The summed E-state index contributed by atoms with van der Waals surface area (Å²) in [5, 5.41) is 3.30. The molecule has 0 spiro atoms. The van der Waals surface area contributed by atoms with E-state index in [-0.39, 0.29) is 0 Å². The standard InChI is InChI=1S/C15H12BrN/c1-10-2-4-14-12(6-10)8-13-7-11(9-16)3-5-15(13)17-14/h2-8H,9H2,1H3. The van der Waals surface area contributed by atoms with E-state index in [1.807, 2.05) is 0 Å². The summed E-state index contributed by atoms with van der Waals surface area (Å²) in [7, 11) is 0. The Morgan fingerprint density at radius 2 is 1.65 bits per heavy atom. The van der Waals surface area contributed by atoms with Crippen molar-refractivity contribution < 1.29 is 0 Å². The number of alkyl halides is 1. The van der Waals surface area contributed by atoms with E-state index in [1.54, 1.807) is 0 Å². The molecule has 0 aliphatic rings. The Balaban J connectivity index is 2.36. The molecule has 84 valence electrons. The number of rotatable bonds is 1. The van der Waals surface area contributed by atoms with Gasteiger partial charge in [0.05, 0.1) is 11.0 Å². The molecule has 0 amide bonds. The van der Waals surface area contributed by atoms with E-state index >= 15 is 0 Å². The third kappa shape index (κ3) is 1.93. The van der Waals surface area contributed by atoms with Gasteiger partial charge in [-0.25, -0.2) is 4.98 Å². The first-order chi connectivity index (χ1) is 8.26. The highest BCUT2D eigenvalue weighted by atomic mass is 79.9. The monoisotopic (exact) mass is 285 g/mol. The van der Waals surface area contributed by atoms with Crippen LogP contribution >= 0.6 is 15.9 Å². The third-order valence-corrected chi connectivity index (χ3v) is 3.63. The molecule has 2 aromatic carbocycles. The molecule has 1 nitrogen and oxygen atoms in total. The zero-order valence-corrected chi connectivity index (χ0v) is 11.2. The van der Waals surface area contributed by atoms with Gasteiger partial charge in [-0.1, -0.05) is 33.6 Å². The van der Waals surface area contributed by atoms with Gasteiger partial charge < -0.3 is 0 Å². The number of halogens is 1. The quantitative estimate of drug-likeness (QED) is 0.471. The van der Waals surface area contributed by atoms with Gasteiger partial charge in [-0.15, -0.1) is 0 Å². The van der Waals surface area contributed by atoms with Crippen LogP contribution < -0.4 is 0 Å². The predicted octanol–water partition coefficient (Wildman–Crippen LogP) is 4.59. The molecule has 2 heteroatoms. The van der Waals surface area contributed by atoms with Crippen molar-refractivity contribution >= 4 is 37.7 Å². The van der Waals surface area contributed by atoms with E-state index < -0.39 is 0 Å². The molecule has 0 atom stereocenters. The minimum atomic E-state index is 0.884. The number of aromatic nitrogens is 1. The Labute approximate surface area is 109 Å². The molecule has 0 N–H and O–H groups in total. The lowest BCUT2D eigenvalue weighted by Crippen LogP contribution is -1.85. The first kappa shape index (κ1) is 10.7. The molecule has 3 rings (SSSR count). The van der Waals surface area contributed by atoms with E-state index in [0.717, 1.165) is 16.4 Å². The Morgan fingerprint density at radius 3 is 2.41 bits per heavy atom. The predicted molar refractivity (Wildman–Crippen MR) is 76.6 cm³/mol. The van der Waals surface area contributed by atoms with Crippen molar-refractivity contribution in [1.82, 2.24) is 4.98 Å². The maximum Gasteiger partial charge on any atom is 0.0709 e. The Kier molecular flexibility index (Phi) is 2.60. The van der Waals surface area contributed by atoms with Crippen molar-refractivity contribution in [3.8, 4) is 0 Å². The number of hydrogen-bond acceptors (Lipinski definition) is 1. The second-order valence-electron chi connectivity index (χ2n) is 4.35. The molecule has 0 saturated heterocycles. The van der Waals surface area contributed by atoms with Crippen LogP contribution in [0.4, 0.5) is 0 Å². The van der Waals surface area contributed by atoms with Crippen LogP contribution in [0.3, 0.4) is 0 Å². The highest BCUT2D eigenvalue weighted by Crippen LogP contribution is 2.22. The first-order valence-electron chi connectivity index (χ1n) is 5.62. The maximum atomic E-state index is 4.68. The van der Waals surface area contributed by atoms with Gasteiger partial charge in [0, 0.05) is 16.1 Å². The zero-order valence-electron chi connectivity index (χ0n) is 9.57. The molecule has 3 aromatic rings. The lowest BCUT2D eigenvalue weighted by atomic mass is 10.1. The molecular weight excluding hydrogens is 274 g/mol. The van der Waals surface area contributed by atoms with Gasteiger partial charge in [-0.2, -0.15) is 0 Å². The number of fused-ring (bicyclic) bond motifs is 2. The minimum Gasteiger partial charge on any atom is -0.248 e. The third-order valence-electron chi connectivity index (χ3n) is 2.98. The zero-order chi connectivity index (χ0) is 11.8. The van der Waals surface area contributed by atoms with E-state index in [9.17, 15) is 0 Å². The summed E-state index contributed by atoms with van der Waals surface area (Å²) < 4.78 is 0. The van der Waals surface area contributed by atoms with E-state index in [0.29, 0.717) is 0 Å². The number of aryl methyl sites for hydroxylation is 1. The molecule has 0 fully saturated rings. The van der Waals surface area contributed by atoms with Crippen LogP contribution in [0.5, 0.6) is 0 Å². The van der Waals surface area contributed by atoms with Crippen molar-refractivity contribution in [1.29, 1.82) is 0 Å². The van der Waals surface area contributed by atoms with Gasteiger partial charge in [0.1, 0.15) is 0 Å². The normalized spacial score (nSPS) is 11.2. The maximum absolute atomic E-state index is 4.68. The highest BCUT2D eigenvalue weighted by molar-refractivity contribution is 9.08. The fraction of sp³-hybridized carbons (Fsp3) is 0.133. The number of pyridine rings is 1. The molecule has 0 bridgehead atoms. The lowest BCUT2D eigenvalue weighted by Gasteiger charge is -2.04. The largest absolute Gasteiger partial charge is 0.248 e. The van der Waals surface area contributed by atoms with Gasteiger partial charge in [0.2, 0.25) is 0 Å². The van der Waals surface area contributed by atoms with Crippen molar-refractivity contribution in [3.63, 3.8) is 0 Å². The van der Waals surface area contributed by atoms with Crippen LogP contribution in [-0.4, -0.2) is 4.98 Å². The van der Waals surface area contributed by atoms with Crippen molar-refractivity contribution in [3.05, 3.63) is 53.6 Å². The van der Waals surface area contributed by atoms with Gasteiger partial charge in [-0.3, -0.25) is 0 Å². The average molecular weight is 286 g/mol. The summed E-state index contributed by atoms with van der Waals surface area (Å²) in [6.45, 7) is 2.11. The van der Waals surface area contributed by atoms with E-state index in [1.165, 1.54) is 21.9 Å². The highest BCUT2D eigenvalue weighted by Gasteiger charge is 2.01. The molecule has 0 saturated carbocycles. The number of nitrogens with zero attached hydrogens (tertiary/aromatic N) is 1. The van der Waals surface area contributed by atoms with Crippen LogP contribution in [0.1, 0.15) is 11.1 Å². The van der Waals surface area contributed by atoms with Crippen molar-refractivity contribution in [2.24, 2.45) is 0 Å². The summed E-state index contributed by atoms with van der Waals surface area (Å²) in [6.07, 6.45) is 0. The van der Waals surface area contributed by atoms with E-state index in [4.69, 9.17) is 0 Å². The minimum absolute atomic E-state index is 0.884. The number of hydrogen-bond donors (Lipinski definition) is 0. The first-order valence-corrected chi connectivity index (χ1v) is 6.74. The van der Waals surface area contributed by atoms with Gasteiger partial charge >= 0.3 is 0 Å². The Bertz CT molecular complexity index is 704. The van der Waals surface area contributed by atoms with Crippen molar-refractivity contribution in [2.45, 2.75) is 12.3 Å². The van der Waals surface area contributed by atoms with Crippen LogP contribution in [0.15, 0.2) is 42.5 Å². The molecule has 17 heavy (non-hydrogen) atoms. The summed E-state index contributed by atoms with van der Waals surface area (Å²) in [4.78, 5) is 4.68. The molecule has 0 aliphatic carbocycles. The molecule has 1 heterocycles. The second kappa shape index (κ2) is 4.11. The van der Waals surface area contributed by atoms with Gasteiger partial charge in [0.25, 0.3) is 0 Å². The van der Waals surface area contributed by atoms with Gasteiger partial charge in [-0.05, 0) is 42.8 Å². The molecule has 0 unspecified atom stereocenters. The smallest absolute Gasteiger partial charge is 0.0709 e. The Hall–Kier alpha value is -1.41. The molecule has 1 aromatic heterocycles. The van der Waals surface area contributed by atoms with Crippen LogP contribution in [-0.2, 0) is 5.33 Å². The fourth-order valence-electron chi connectivity index (χ4n) is 2.09. The lowest BCUT2D eigenvalue weighted by molar-refractivity contribution is 1.42. The summed E-state index contributed by atoms with van der Waals surface area (Å²) >= 11 is 3.48. The average Bonchev–Trinajstić information content (AvgIpc) is 2.35. The Morgan fingerprint density at radius 1 is 0.941 bits per heavy atom. The van der Waals surface area contributed by atoms with Gasteiger partial charge in [0.15, 0.2) is 0 Å². The fourth-order valence-corrected chi connectivity index (χ4v) is 2.44. The van der Waals surface area contributed by atoms with Crippen LogP contribution in [0.2, 0.25) is 0 Å². The summed E-state index contributed by atoms with van der Waals surface area (Å²) in [5.74, 6) is 0. The second-order valence-corrected chi connectivity index (χ2v) is 4.91. The van der Waals surface area contributed by atoms with Crippen molar-refractivity contribution in [2.75, 3.05) is 0 Å². The molecule has 0 aliphatic heterocycles. The van der Waals surface area contributed by atoms with E-state index in [2.05, 4.69) is 70.3 Å². The summed E-state index contributed by atoms with van der Waals surface area (Å²) in [5.41, 5.74) is 4.68. The molecule has 0 radical (unpaired) electrons. The number of benzene rings is 2.